The van der Waals surface area contributed by atoms with Crippen molar-refractivity contribution in [3.63, 3.8) is 0 Å². The van der Waals surface area contributed by atoms with Crippen molar-refractivity contribution in [1.82, 2.24) is 20.4 Å². The van der Waals surface area contributed by atoms with Crippen LogP contribution in [-0.4, -0.2) is 155 Å². The van der Waals surface area contributed by atoms with Gasteiger partial charge in [-0.25, -0.2) is 0 Å². The fourth-order valence-electron chi connectivity index (χ4n) is 11.5. The fourth-order valence-corrected chi connectivity index (χ4v) is 12.1. The molecule has 1 fully saturated rings. The van der Waals surface area contributed by atoms with E-state index in [0.29, 0.717) is 50.3 Å². The minimum atomic E-state index is -2.06. The number of aliphatic hydroxyl groups excluding tert-OH is 1. The quantitative estimate of drug-likeness (QED) is 0.0629. The number of rotatable bonds is 18. The molecule has 1 spiro atoms. The first-order valence-corrected chi connectivity index (χ1v) is 29.6. The first kappa shape index (κ1) is 64.6. The van der Waals surface area contributed by atoms with E-state index in [1.807, 2.05) is 6.92 Å². The van der Waals surface area contributed by atoms with Gasteiger partial charge in [0.25, 0.3) is 11.7 Å². The molecule has 81 heavy (non-hydrogen) atoms. The molecule has 5 bridgehead atoms. The number of fused-ring (bicyclic) bond motifs is 13. The van der Waals surface area contributed by atoms with Crippen molar-refractivity contribution in [1.29, 1.82) is 0 Å². The number of methoxy groups -OCH3 is 1. The van der Waals surface area contributed by atoms with E-state index in [4.69, 9.17) is 33.4 Å². The maximum absolute atomic E-state index is 15.0. The van der Waals surface area contributed by atoms with Crippen LogP contribution in [0.2, 0.25) is 0 Å². The zero-order valence-electron chi connectivity index (χ0n) is 48.9. The molecule has 23 heteroatoms. The number of esters is 2. The summed E-state index contributed by atoms with van der Waals surface area (Å²) in [6, 6.07) is 0. The van der Waals surface area contributed by atoms with Gasteiger partial charge >= 0.3 is 17.7 Å². The summed E-state index contributed by atoms with van der Waals surface area (Å²) in [4.78, 5) is 93.0. The monoisotopic (exact) mass is 1170 g/mol. The van der Waals surface area contributed by atoms with Crippen LogP contribution in [0.4, 0.5) is 0 Å². The highest BCUT2D eigenvalue weighted by Crippen LogP contribution is 2.50. The van der Waals surface area contributed by atoms with Crippen molar-refractivity contribution < 1.29 is 76.5 Å². The van der Waals surface area contributed by atoms with Gasteiger partial charge in [-0.3, -0.25) is 47.8 Å². The Morgan fingerprint density at radius 1 is 0.963 bits per heavy atom. The van der Waals surface area contributed by atoms with Crippen molar-refractivity contribution in [2.75, 3.05) is 53.2 Å². The summed E-state index contributed by atoms with van der Waals surface area (Å²) in [6.07, 6.45) is 3.87. The predicted molar refractivity (Wildman–Crippen MR) is 301 cm³/mol. The number of ketones is 3. The van der Waals surface area contributed by atoms with Crippen LogP contribution in [0.1, 0.15) is 140 Å². The number of piperidine rings is 1. The summed E-state index contributed by atoms with van der Waals surface area (Å²) < 4.78 is 60.0. The molecule has 0 aromatic heterocycles. The van der Waals surface area contributed by atoms with Crippen LogP contribution < -0.4 is 15.4 Å². The molecule has 0 saturated carbocycles. The van der Waals surface area contributed by atoms with Crippen molar-refractivity contribution in [3.8, 4) is 11.5 Å². The summed E-state index contributed by atoms with van der Waals surface area (Å²) in [6.45, 7) is 22.0. The number of allylic oxidation sites excluding steroid dienone is 4. The molecule has 4 N–H and O–H groups in total. The van der Waals surface area contributed by atoms with Crippen LogP contribution in [0.25, 0.3) is 0 Å². The number of likely N-dealkylation sites (tertiary alicyclic amines) is 1. The maximum atomic E-state index is 15.0. The van der Waals surface area contributed by atoms with Gasteiger partial charge in [0.15, 0.2) is 22.7 Å². The topological polar surface area (TPSA) is 275 Å². The average molecular weight is 1170 g/mol. The van der Waals surface area contributed by atoms with Crippen LogP contribution in [0.5, 0.6) is 11.5 Å². The van der Waals surface area contributed by atoms with E-state index in [1.165, 1.54) is 52.0 Å². The zero-order chi connectivity index (χ0) is 59.8. The Labute approximate surface area is 478 Å². The van der Waals surface area contributed by atoms with Crippen molar-refractivity contribution in [3.05, 3.63) is 69.3 Å². The smallest absolute Gasteiger partial charge is 0.320 e. The molecule has 444 valence electrons. The van der Waals surface area contributed by atoms with E-state index in [1.54, 1.807) is 46.8 Å². The summed E-state index contributed by atoms with van der Waals surface area (Å²) in [5, 5.41) is 30.0. The molecule has 1 aliphatic carbocycles. The molecule has 5 heterocycles. The number of phenolic OH excluding ortho intramolecular Hbond substituents is 1. The minimum Gasteiger partial charge on any atom is -0.507 e. The predicted octanol–water partition coefficient (Wildman–Crippen LogP) is 7.50. The number of amides is 1. The number of hydrogen-bond donors (Lipinski definition) is 4. The van der Waals surface area contributed by atoms with E-state index in [-0.39, 0.29) is 106 Å². The largest absolute Gasteiger partial charge is 0.507 e. The summed E-state index contributed by atoms with van der Waals surface area (Å²) >= 11 is 0. The number of aliphatic hydroxyl groups is 1. The molecule has 1 aromatic carbocycles. The lowest BCUT2D eigenvalue weighted by molar-refractivity contribution is -0.166. The number of aromatic hydroxyl groups is 1. The van der Waals surface area contributed by atoms with E-state index < -0.39 is 100 Å². The molecule has 0 unspecified atom stereocenters. The Hall–Kier alpha value is -5.53. The molecule has 6 aliphatic rings. The average Bonchev–Trinajstić information content (AvgIpc) is 3.16. The van der Waals surface area contributed by atoms with Gasteiger partial charge in [-0.15, -0.1) is 0 Å². The number of nitrogens with one attached hydrogen (secondary N) is 2. The van der Waals surface area contributed by atoms with Gasteiger partial charge in [0.2, 0.25) is 5.78 Å². The van der Waals surface area contributed by atoms with Crippen molar-refractivity contribution in [2.45, 2.75) is 156 Å². The molecular formula is C58H81N5O16P2. The minimum absolute atomic E-state index is 0.0104. The zero-order valence-corrected chi connectivity index (χ0v) is 50.7. The second kappa shape index (κ2) is 27.7. The second-order valence-corrected chi connectivity index (χ2v) is 24.9. The van der Waals surface area contributed by atoms with Gasteiger partial charge in [-0.1, -0.05) is 66.7 Å². The number of aliphatic imine (C=N–C) groups is 1. The van der Waals surface area contributed by atoms with Gasteiger partial charge in [-0.05, 0) is 45.1 Å². The number of ether oxygens (including phenoxy) is 6. The van der Waals surface area contributed by atoms with Gasteiger partial charge in [0.1, 0.15) is 53.8 Å². The highest BCUT2D eigenvalue weighted by atomic mass is 31.1. The standard InChI is InChI=1S/C58H81N5O16P2/c1-14-16-39(65)28-75-29-63(22-19-41(80-72)81-73)26-40(66)78-52-31(4)17-15-18-32(5)56(71)59-47-46-45(60-58(61-46)20-23-62(24-21-58)25-30(2)3)42-43(50(47)69)49(68)36(9)54-44(42)55(70)57(12,79-54)76-27-33(6)51(74-13)37(10)53(77-38(11)64)35(8)48(67)34(52)7/h15,17-18,27,30-31,34-35,37,41,48,51-53,61,67-68H,14,16,19-26,28-29H2,1-13H3,(H,59,71)/b17-15+,32-18-,33-27+/t31-,34-,35+,37+,48+,51-,52-,53-,57-/m0/s1. The van der Waals surface area contributed by atoms with Crippen molar-refractivity contribution in [2.24, 2.45) is 34.6 Å². The third kappa shape index (κ3) is 14.6. The molecule has 1 amide bonds. The van der Waals surface area contributed by atoms with Crippen LogP contribution in [0.15, 0.2) is 52.0 Å². The molecule has 1 aromatic rings. The van der Waals surface area contributed by atoms with Crippen molar-refractivity contribution >= 4 is 57.8 Å². The third-order valence-electron chi connectivity index (χ3n) is 15.9. The molecule has 9 atom stereocenters. The van der Waals surface area contributed by atoms with Gasteiger partial charge < -0.3 is 54.2 Å². The van der Waals surface area contributed by atoms with Gasteiger partial charge in [0, 0.05) is 107 Å². The lowest BCUT2D eigenvalue weighted by Gasteiger charge is -2.39. The van der Waals surface area contributed by atoms with E-state index in [9.17, 15) is 38.5 Å². The number of Topliss-reactive ketones (excluding diaryl/α,β-unsaturated/α-hetero) is 3. The maximum Gasteiger partial charge on any atom is 0.320 e. The van der Waals surface area contributed by atoms with Crippen LogP contribution in [-0.2, 0) is 52.0 Å². The Balaban J connectivity index is 1.45. The Morgan fingerprint density at radius 3 is 2.25 bits per heavy atom. The first-order chi connectivity index (χ1) is 38.2. The molecule has 1 saturated heterocycles. The molecule has 0 radical (unpaired) electrons. The Morgan fingerprint density at radius 2 is 1.63 bits per heavy atom. The number of hydrogen-bond acceptors (Lipinski definition) is 20. The van der Waals surface area contributed by atoms with Gasteiger partial charge in [-0.2, -0.15) is 0 Å². The first-order valence-electron chi connectivity index (χ1n) is 27.8. The number of phenols is 1. The Kier molecular flexibility index (Phi) is 22.1. The Bertz CT molecular complexity index is 2760. The molecular weight excluding hydrogens is 1080 g/mol. The lowest BCUT2D eigenvalue weighted by atomic mass is 9.77. The highest BCUT2D eigenvalue weighted by Gasteiger charge is 2.55. The normalized spacial score (nSPS) is 29.2. The number of carbonyl (C=O) groups is 6. The second-order valence-electron chi connectivity index (χ2n) is 22.8. The van der Waals surface area contributed by atoms with Crippen LogP contribution in [0, 0.1) is 36.5 Å². The summed E-state index contributed by atoms with van der Waals surface area (Å²) in [5.74, 6) is -8.88. The van der Waals surface area contributed by atoms with E-state index in [0.717, 1.165) is 6.54 Å². The third-order valence-corrected chi connectivity index (χ3v) is 17.4. The number of carbonyl (C=O) groups excluding carboxylic acids is 6. The van der Waals surface area contributed by atoms with E-state index in [2.05, 4.69) is 29.4 Å². The highest BCUT2D eigenvalue weighted by molar-refractivity contribution is 7.44. The molecule has 5 aliphatic heterocycles. The van der Waals surface area contributed by atoms with Crippen LogP contribution in [0.3, 0.4) is 0 Å². The summed E-state index contributed by atoms with van der Waals surface area (Å²) in [7, 11) is 0.731. The number of nitrogens with zero attached hydrogens (tertiary/aromatic N) is 3. The van der Waals surface area contributed by atoms with Gasteiger partial charge in [0.05, 0.1) is 47.6 Å². The lowest BCUT2D eigenvalue weighted by Crippen LogP contribution is -2.50. The summed E-state index contributed by atoms with van der Waals surface area (Å²) in [5.41, 5.74) is -0.293. The molecule has 21 nitrogen and oxygen atoms in total. The fraction of sp³-hybridized carbons (Fsp3) is 0.638. The molecule has 7 rings (SSSR count). The number of benzene rings is 1. The van der Waals surface area contributed by atoms with E-state index >= 15 is 9.59 Å². The SMILES string of the molecule is CCCC(=O)COCN(CCC(P=O)P=O)CC(=O)O[C@@H]1[C@@H](C)[C@@H](O)[C@@H](C)[C@H](OC(C)=O)[C@H](C)[C@@H](OC)/C(C)=C/O[C@@]2(C)Oc3c(C)c(O)c4c(c3C2=O)C2=NC3(CCN(CC(C)C)CC3)NC2=C(NC(=O)/C(C)=C\C=C\[C@@H]1C)C4=O. The van der Waals surface area contributed by atoms with Crippen LogP contribution >= 0.6 is 16.9 Å².